The molecule has 0 aliphatic rings. The van der Waals surface area contributed by atoms with E-state index in [4.69, 9.17) is 9.90 Å². The van der Waals surface area contributed by atoms with Crippen LogP contribution in [0.15, 0.2) is 0 Å². The quantitative estimate of drug-likeness (QED) is 0.431. The van der Waals surface area contributed by atoms with Gasteiger partial charge in [-0.3, -0.25) is 4.79 Å². The van der Waals surface area contributed by atoms with E-state index in [0.29, 0.717) is 0 Å². The van der Waals surface area contributed by atoms with Crippen LogP contribution in [0.1, 0.15) is 6.92 Å². The van der Waals surface area contributed by atoms with E-state index in [9.17, 15) is 0 Å². The second kappa shape index (κ2) is 4.03. The monoisotopic (exact) mass is 138 g/mol. The van der Waals surface area contributed by atoms with Crippen LogP contribution in [0.5, 0.6) is 0 Å². The van der Waals surface area contributed by atoms with E-state index >= 15 is 0 Å². The molecule has 5 heavy (non-hydrogen) atoms. The van der Waals surface area contributed by atoms with Gasteiger partial charge in [-0.2, -0.15) is 0 Å². The van der Waals surface area contributed by atoms with Crippen LogP contribution in [0, 0.1) is 0 Å². The number of hydrogen-bond donors (Lipinski definition) is 1. The average molecular weight is 138 g/mol. The SMILES string of the molecule is CC(=O)O.[AsH3]. The predicted octanol–water partition coefficient (Wildman–Crippen LogP) is -1.09. The molecule has 0 aliphatic carbocycles. The van der Waals surface area contributed by atoms with Crippen molar-refractivity contribution in [3.05, 3.63) is 0 Å². The van der Waals surface area contributed by atoms with Gasteiger partial charge < -0.3 is 5.11 Å². The van der Waals surface area contributed by atoms with Crippen molar-refractivity contribution in [2.24, 2.45) is 0 Å². The predicted molar refractivity (Wildman–Crippen MR) is 23.2 cm³/mol. The van der Waals surface area contributed by atoms with Crippen molar-refractivity contribution in [2.45, 2.75) is 6.92 Å². The Balaban J connectivity index is 0. The van der Waals surface area contributed by atoms with Crippen LogP contribution >= 0.6 is 0 Å². The Bertz CT molecular complexity index is 30.6. The zero-order valence-electron chi connectivity index (χ0n) is 3.06. The Labute approximate surface area is 41.5 Å². The van der Waals surface area contributed by atoms with E-state index in [1.807, 2.05) is 0 Å². The number of rotatable bonds is 0. The van der Waals surface area contributed by atoms with Crippen molar-refractivity contribution in [3.8, 4) is 0 Å². The Morgan fingerprint density at radius 2 is 1.80 bits per heavy atom. The fourth-order valence-electron chi connectivity index (χ4n) is 0. The second-order valence-corrected chi connectivity index (χ2v) is 0.519. The molecule has 0 heterocycles. The summed E-state index contributed by atoms with van der Waals surface area (Å²) in [4.78, 5) is 9.00. The van der Waals surface area contributed by atoms with Crippen molar-refractivity contribution < 1.29 is 9.90 Å². The molecule has 0 rings (SSSR count). The van der Waals surface area contributed by atoms with Crippen LogP contribution < -0.4 is 0 Å². The van der Waals surface area contributed by atoms with Crippen molar-refractivity contribution in [1.29, 1.82) is 0 Å². The van der Waals surface area contributed by atoms with Crippen molar-refractivity contribution in [3.63, 3.8) is 0 Å². The molecule has 1 atom stereocenters. The number of hydrogen-bond acceptors (Lipinski definition) is 1. The molecule has 0 amide bonds. The molecule has 0 aromatic heterocycles. The third-order valence-electron chi connectivity index (χ3n) is 0. The van der Waals surface area contributed by atoms with Gasteiger partial charge in [0.05, 0.1) is 0 Å². The van der Waals surface area contributed by atoms with E-state index in [1.165, 1.54) is 0 Å². The molecular weight excluding hydrogens is 131 g/mol. The van der Waals surface area contributed by atoms with E-state index < -0.39 is 5.97 Å². The van der Waals surface area contributed by atoms with Gasteiger partial charge in [0.25, 0.3) is 5.97 Å². The molecule has 0 bridgehead atoms. The molecule has 0 fully saturated rings. The molecule has 2 nitrogen and oxygen atoms in total. The standard InChI is InChI=1S/C2H4O2.AsH3/c1-2(3)4;/h1H3,(H,3,4);1H3. The Hall–Kier alpha value is 0.0284. The fraction of sp³-hybridized carbons (Fsp3) is 0.500. The first-order chi connectivity index (χ1) is 1.73. The van der Waals surface area contributed by atoms with Gasteiger partial charge in [0.2, 0.25) is 0 Å². The number of carboxylic acid groups (broad SMARTS) is 1. The fourth-order valence-corrected chi connectivity index (χ4v) is 0. The Kier molecular flexibility index (Phi) is 7.17. The summed E-state index contributed by atoms with van der Waals surface area (Å²) >= 11 is 0. The zero-order chi connectivity index (χ0) is 3.58. The van der Waals surface area contributed by atoms with Crippen molar-refractivity contribution in [2.75, 3.05) is 0 Å². The summed E-state index contributed by atoms with van der Waals surface area (Å²) in [7, 11) is 0. The van der Waals surface area contributed by atoms with Crippen LogP contribution in [0.2, 0.25) is 0 Å². The second-order valence-electron chi connectivity index (χ2n) is 0.519. The molecule has 0 radical (unpaired) electrons. The molecule has 0 spiro atoms. The van der Waals surface area contributed by atoms with Crippen molar-refractivity contribution >= 4 is 23.9 Å². The number of carbonyl (C=O) groups is 1. The average Bonchev–Trinajstić information content (AvgIpc) is 0.811. The van der Waals surface area contributed by atoms with Gasteiger partial charge in [-0.05, 0) is 0 Å². The molecule has 3 heteroatoms. The van der Waals surface area contributed by atoms with Crippen LogP contribution in [0.25, 0.3) is 0 Å². The van der Waals surface area contributed by atoms with Gasteiger partial charge in [-0.1, -0.05) is 0 Å². The van der Waals surface area contributed by atoms with Gasteiger partial charge in [0.15, 0.2) is 0 Å². The molecule has 32 valence electrons. The van der Waals surface area contributed by atoms with Gasteiger partial charge >= 0.3 is 18.0 Å². The Morgan fingerprint density at radius 1 is 1.80 bits per heavy atom. The first-order valence-electron chi connectivity index (χ1n) is 0.928. The van der Waals surface area contributed by atoms with Gasteiger partial charge in [-0.15, -0.1) is 0 Å². The normalized spacial score (nSPS) is 5.00. The molecule has 0 aromatic rings. The first-order valence-corrected chi connectivity index (χ1v) is 0.928. The van der Waals surface area contributed by atoms with Gasteiger partial charge in [0, 0.05) is 6.92 Å². The molecular formula is C2H7AsO2. The van der Waals surface area contributed by atoms with Crippen LogP contribution in [0.4, 0.5) is 0 Å². The van der Waals surface area contributed by atoms with E-state index in [-0.39, 0.29) is 18.0 Å². The van der Waals surface area contributed by atoms with Gasteiger partial charge in [0.1, 0.15) is 0 Å². The first kappa shape index (κ1) is 8.90. The molecule has 1 N–H and O–H groups in total. The summed E-state index contributed by atoms with van der Waals surface area (Å²) in [6, 6.07) is 0. The molecule has 0 saturated carbocycles. The number of carboxylic acids is 1. The third kappa shape index (κ3) is 20500. The summed E-state index contributed by atoms with van der Waals surface area (Å²) in [5.74, 6) is -0.833. The van der Waals surface area contributed by atoms with Gasteiger partial charge in [-0.25, -0.2) is 0 Å². The summed E-state index contributed by atoms with van der Waals surface area (Å²) < 4.78 is 0. The summed E-state index contributed by atoms with van der Waals surface area (Å²) in [5.41, 5.74) is 0. The van der Waals surface area contributed by atoms with E-state index in [2.05, 4.69) is 0 Å². The summed E-state index contributed by atoms with van der Waals surface area (Å²) in [6.07, 6.45) is 0. The molecule has 0 aliphatic heterocycles. The summed E-state index contributed by atoms with van der Waals surface area (Å²) in [5, 5.41) is 7.42. The molecule has 1 unspecified atom stereocenters. The molecule has 0 saturated heterocycles. The minimum atomic E-state index is -0.833. The van der Waals surface area contributed by atoms with Crippen LogP contribution in [-0.2, 0) is 4.79 Å². The van der Waals surface area contributed by atoms with E-state index in [1.54, 1.807) is 0 Å². The molecule has 0 aromatic carbocycles. The minimum absolute atomic E-state index is 0. The van der Waals surface area contributed by atoms with E-state index in [0.717, 1.165) is 6.92 Å². The number of aliphatic carboxylic acids is 1. The zero-order valence-corrected chi connectivity index (χ0v) is 6.03. The third-order valence-corrected chi connectivity index (χ3v) is 0. The summed E-state index contributed by atoms with van der Waals surface area (Å²) in [6.45, 7) is 1.08. The van der Waals surface area contributed by atoms with Crippen LogP contribution in [-0.4, -0.2) is 29.0 Å². The van der Waals surface area contributed by atoms with Crippen LogP contribution in [0.3, 0.4) is 0 Å². The maximum absolute atomic E-state index is 9.00. The maximum atomic E-state index is 9.00. The topological polar surface area (TPSA) is 37.3 Å². The Morgan fingerprint density at radius 3 is 1.80 bits per heavy atom. The van der Waals surface area contributed by atoms with Crippen molar-refractivity contribution in [1.82, 2.24) is 0 Å².